The number of anilines is 1. The molecule has 1 atom stereocenters. The topological polar surface area (TPSA) is 74.8 Å². The molecule has 2 fully saturated rings. The number of nitrogens with one attached hydrogen (secondary N) is 1. The standard InChI is InChI=1S/C20H26N4O3S/c1-14(23-9-11-27-12-10-23)18(25)22-20-21-16-6-5-15(13-17(16)28-20)19(26)24-7-3-2-4-8-24/h5-6,13-14H,2-4,7-12H2,1H3,(H,21,22,25). The van der Waals surface area contributed by atoms with E-state index in [1.165, 1.54) is 17.8 Å². The number of hydrogen-bond donors (Lipinski definition) is 1. The molecule has 2 amide bonds. The quantitative estimate of drug-likeness (QED) is 0.851. The Balaban J connectivity index is 1.45. The van der Waals surface area contributed by atoms with Gasteiger partial charge in [-0.3, -0.25) is 14.5 Å². The molecule has 1 aromatic carbocycles. The molecule has 7 nitrogen and oxygen atoms in total. The predicted octanol–water partition coefficient (Wildman–Crippen LogP) is 2.58. The van der Waals surface area contributed by atoms with Crippen LogP contribution in [0.1, 0.15) is 36.5 Å². The van der Waals surface area contributed by atoms with Crippen molar-refractivity contribution in [3.05, 3.63) is 23.8 Å². The molecule has 150 valence electrons. The van der Waals surface area contributed by atoms with Crippen molar-refractivity contribution in [2.24, 2.45) is 0 Å². The van der Waals surface area contributed by atoms with Crippen molar-refractivity contribution in [3.8, 4) is 0 Å². The van der Waals surface area contributed by atoms with Crippen LogP contribution in [0.4, 0.5) is 5.13 Å². The van der Waals surface area contributed by atoms with Gasteiger partial charge in [0, 0.05) is 31.7 Å². The Hall–Kier alpha value is -2.03. The maximum atomic E-state index is 12.7. The Morgan fingerprint density at radius 1 is 1.14 bits per heavy atom. The number of aromatic nitrogens is 1. The van der Waals surface area contributed by atoms with E-state index >= 15 is 0 Å². The lowest BCUT2D eigenvalue weighted by Crippen LogP contribution is -2.47. The second kappa shape index (κ2) is 8.55. The minimum Gasteiger partial charge on any atom is -0.379 e. The molecule has 1 aromatic heterocycles. The van der Waals surface area contributed by atoms with Crippen LogP contribution in [0.25, 0.3) is 10.2 Å². The van der Waals surface area contributed by atoms with Crippen molar-refractivity contribution in [1.29, 1.82) is 0 Å². The zero-order chi connectivity index (χ0) is 19.5. The molecular formula is C20H26N4O3S. The van der Waals surface area contributed by atoms with Gasteiger partial charge in [0.2, 0.25) is 5.91 Å². The summed E-state index contributed by atoms with van der Waals surface area (Å²) in [5, 5.41) is 3.50. The highest BCUT2D eigenvalue weighted by atomic mass is 32.1. The van der Waals surface area contributed by atoms with E-state index in [0.717, 1.165) is 49.2 Å². The third-order valence-corrected chi connectivity index (χ3v) is 6.42. The van der Waals surface area contributed by atoms with Crippen molar-refractivity contribution in [2.45, 2.75) is 32.2 Å². The summed E-state index contributed by atoms with van der Waals surface area (Å²) in [5.41, 5.74) is 1.49. The van der Waals surface area contributed by atoms with Crippen LogP contribution in [0.5, 0.6) is 0 Å². The van der Waals surface area contributed by atoms with E-state index < -0.39 is 0 Å². The lowest BCUT2D eigenvalue weighted by Gasteiger charge is -2.31. The summed E-state index contributed by atoms with van der Waals surface area (Å²) in [6.07, 6.45) is 3.35. The van der Waals surface area contributed by atoms with Gasteiger partial charge in [0.15, 0.2) is 5.13 Å². The first-order valence-corrected chi connectivity index (χ1v) is 10.8. The van der Waals surface area contributed by atoms with Gasteiger partial charge in [-0.2, -0.15) is 0 Å². The SMILES string of the molecule is CC(C(=O)Nc1nc2ccc(C(=O)N3CCCCC3)cc2s1)N1CCOCC1. The molecule has 0 spiro atoms. The minimum atomic E-state index is -0.229. The van der Waals surface area contributed by atoms with E-state index in [1.54, 1.807) is 0 Å². The van der Waals surface area contributed by atoms with E-state index in [9.17, 15) is 9.59 Å². The summed E-state index contributed by atoms with van der Waals surface area (Å²) in [5.74, 6) is 0.0205. The third-order valence-electron chi connectivity index (χ3n) is 5.48. The summed E-state index contributed by atoms with van der Waals surface area (Å²) in [7, 11) is 0. The van der Waals surface area contributed by atoms with E-state index in [1.807, 2.05) is 30.0 Å². The van der Waals surface area contributed by atoms with Gasteiger partial charge >= 0.3 is 0 Å². The van der Waals surface area contributed by atoms with Crippen LogP contribution in [-0.2, 0) is 9.53 Å². The summed E-state index contributed by atoms with van der Waals surface area (Å²) in [4.78, 5) is 33.9. The molecule has 1 unspecified atom stereocenters. The maximum absolute atomic E-state index is 12.7. The number of hydrogen-bond acceptors (Lipinski definition) is 6. The van der Waals surface area contributed by atoms with Crippen molar-refractivity contribution in [1.82, 2.24) is 14.8 Å². The number of rotatable bonds is 4. The third kappa shape index (κ3) is 4.19. The van der Waals surface area contributed by atoms with Gasteiger partial charge in [-0.1, -0.05) is 11.3 Å². The minimum absolute atomic E-state index is 0.0643. The number of ether oxygens (including phenoxy) is 1. The summed E-state index contributed by atoms with van der Waals surface area (Å²) < 4.78 is 6.26. The smallest absolute Gasteiger partial charge is 0.253 e. The van der Waals surface area contributed by atoms with Crippen LogP contribution in [0.2, 0.25) is 0 Å². The summed E-state index contributed by atoms with van der Waals surface area (Å²) >= 11 is 1.41. The first-order valence-electron chi connectivity index (χ1n) is 9.94. The van der Waals surface area contributed by atoms with Gasteiger partial charge in [-0.25, -0.2) is 4.98 Å². The fourth-order valence-electron chi connectivity index (χ4n) is 3.73. The molecule has 28 heavy (non-hydrogen) atoms. The number of carbonyl (C=O) groups is 2. The van der Waals surface area contributed by atoms with Crippen LogP contribution in [-0.4, -0.2) is 72.0 Å². The van der Waals surface area contributed by atoms with Gasteiger partial charge in [0.05, 0.1) is 29.5 Å². The Morgan fingerprint density at radius 2 is 1.89 bits per heavy atom. The second-order valence-electron chi connectivity index (χ2n) is 7.37. The molecule has 4 rings (SSSR count). The summed E-state index contributed by atoms with van der Waals surface area (Å²) in [6.45, 7) is 6.41. The van der Waals surface area contributed by atoms with E-state index in [-0.39, 0.29) is 17.9 Å². The van der Waals surface area contributed by atoms with Gasteiger partial charge < -0.3 is 15.0 Å². The number of thiazole rings is 1. The number of carbonyl (C=O) groups excluding carboxylic acids is 2. The molecule has 0 aliphatic carbocycles. The zero-order valence-corrected chi connectivity index (χ0v) is 17.0. The van der Waals surface area contributed by atoms with Crippen LogP contribution >= 0.6 is 11.3 Å². The largest absolute Gasteiger partial charge is 0.379 e. The van der Waals surface area contributed by atoms with E-state index in [4.69, 9.17) is 4.74 Å². The number of morpholine rings is 1. The average Bonchev–Trinajstić information content (AvgIpc) is 3.15. The highest BCUT2D eigenvalue weighted by Crippen LogP contribution is 2.28. The Bertz CT molecular complexity index is 856. The second-order valence-corrected chi connectivity index (χ2v) is 8.40. The zero-order valence-electron chi connectivity index (χ0n) is 16.1. The van der Waals surface area contributed by atoms with Crippen molar-refractivity contribution >= 4 is 38.5 Å². The van der Waals surface area contributed by atoms with Crippen LogP contribution in [0.15, 0.2) is 18.2 Å². The molecule has 2 saturated heterocycles. The molecule has 2 aromatic rings. The first-order chi connectivity index (χ1) is 13.6. The first kappa shape index (κ1) is 19.3. The number of likely N-dealkylation sites (tertiary alicyclic amines) is 1. The maximum Gasteiger partial charge on any atom is 0.253 e. The normalized spacial score (nSPS) is 19.5. The monoisotopic (exact) mass is 402 g/mol. The Labute approximate surface area is 168 Å². The molecular weight excluding hydrogens is 376 g/mol. The number of fused-ring (bicyclic) bond motifs is 1. The molecule has 2 aliphatic rings. The molecule has 0 saturated carbocycles. The summed E-state index contributed by atoms with van der Waals surface area (Å²) in [6, 6.07) is 5.36. The number of benzene rings is 1. The highest BCUT2D eigenvalue weighted by molar-refractivity contribution is 7.22. The van der Waals surface area contributed by atoms with Gasteiger partial charge in [0.1, 0.15) is 0 Å². The molecule has 2 aliphatic heterocycles. The van der Waals surface area contributed by atoms with Crippen LogP contribution < -0.4 is 5.32 Å². The molecule has 0 radical (unpaired) electrons. The predicted molar refractivity (Wildman–Crippen MR) is 110 cm³/mol. The highest BCUT2D eigenvalue weighted by Gasteiger charge is 2.24. The molecule has 1 N–H and O–H groups in total. The van der Waals surface area contributed by atoms with Gasteiger partial charge in [-0.05, 0) is 44.4 Å². The molecule has 3 heterocycles. The van der Waals surface area contributed by atoms with Gasteiger partial charge in [-0.15, -0.1) is 0 Å². The number of amides is 2. The lowest BCUT2D eigenvalue weighted by atomic mass is 10.1. The van der Waals surface area contributed by atoms with E-state index in [0.29, 0.717) is 23.9 Å². The number of piperidine rings is 1. The Kier molecular flexibility index (Phi) is 5.89. The van der Waals surface area contributed by atoms with Crippen molar-refractivity contribution < 1.29 is 14.3 Å². The fraction of sp³-hybridized carbons (Fsp3) is 0.550. The van der Waals surface area contributed by atoms with Crippen molar-refractivity contribution in [2.75, 3.05) is 44.7 Å². The lowest BCUT2D eigenvalue weighted by molar-refractivity contribution is -0.122. The fourth-order valence-corrected chi connectivity index (χ4v) is 4.64. The number of nitrogens with zero attached hydrogens (tertiary/aromatic N) is 3. The van der Waals surface area contributed by atoms with Crippen LogP contribution in [0, 0.1) is 0 Å². The van der Waals surface area contributed by atoms with Crippen molar-refractivity contribution in [3.63, 3.8) is 0 Å². The Morgan fingerprint density at radius 3 is 2.64 bits per heavy atom. The molecule has 8 heteroatoms. The van der Waals surface area contributed by atoms with E-state index in [2.05, 4.69) is 15.2 Å². The molecule has 0 bridgehead atoms. The average molecular weight is 403 g/mol. The van der Waals surface area contributed by atoms with Crippen LogP contribution in [0.3, 0.4) is 0 Å². The van der Waals surface area contributed by atoms with Gasteiger partial charge in [0.25, 0.3) is 5.91 Å².